The Labute approximate surface area is 203 Å². The lowest BCUT2D eigenvalue weighted by atomic mass is 10.00. The molecule has 3 atom stereocenters. The minimum absolute atomic E-state index is 0.129. The van der Waals surface area contributed by atoms with Crippen molar-refractivity contribution in [1.29, 1.82) is 0 Å². The number of alkyl carbamates (subject to hydrolysis) is 1. The van der Waals surface area contributed by atoms with Gasteiger partial charge in [-0.25, -0.2) is 9.78 Å². The first-order valence-corrected chi connectivity index (χ1v) is 11.6. The number of methoxy groups -OCH3 is 1. The Morgan fingerprint density at radius 3 is 2.41 bits per heavy atom. The van der Waals surface area contributed by atoms with Crippen molar-refractivity contribution < 1.29 is 29.0 Å². The van der Waals surface area contributed by atoms with Crippen LogP contribution in [-0.4, -0.2) is 65.5 Å². The number of ether oxygens (including phenoxy) is 2. The second-order valence-electron chi connectivity index (χ2n) is 8.55. The number of aliphatic hydroxyl groups is 1. The summed E-state index contributed by atoms with van der Waals surface area (Å²) < 4.78 is 10.3. The number of hydrogen-bond donors (Lipinski definition) is 4. The van der Waals surface area contributed by atoms with Crippen molar-refractivity contribution in [2.75, 3.05) is 13.7 Å². The third kappa shape index (κ3) is 9.46. The number of rotatable bonds is 11. The van der Waals surface area contributed by atoms with Crippen LogP contribution in [0.3, 0.4) is 0 Å². The van der Waals surface area contributed by atoms with Crippen molar-refractivity contribution >= 4 is 29.2 Å². The highest BCUT2D eigenvalue weighted by Gasteiger charge is 2.31. The second-order valence-corrected chi connectivity index (χ2v) is 9.53. The largest absolute Gasteiger partial charge is 0.444 e. The molecule has 3 amide bonds. The molecule has 1 aromatic heterocycles. The molecule has 0 unspecified atom stereocenters. The van der Waals surface area contributed by atoms with Crippen LogP contribution < -0.4 is 16.0 Å². The summed E-state index contributed by atoms with van der Waals surface area (Å²) >= 11 is 1.37. The molecule has 11 heteroatoms. The Balaban J connectivity index is 2.12. The quantitative estimate of drug-likeness (QED) is 0.372. The van der Waals surface area contributed by atoms with E-state index < -0.39 is 41.7 Å². The van der Waals surface area contributed by atoms with Gasteiger partial charge in [-0.2, -0.15) is 0 Å². The smallest absolute Gasteiger partial charge is 0.408 e. The summed E-state index contributed by atoms with van der Waals surface area (Å²) in [6, 6.07) is 7.07. The molecule has 0 spiro atoms. The van der Waals surface area contributed by atoms with Gasteiger partial charge in [-0.1, -0.05) is 30.3 Å². The molecular weight excluding hydrogens is 460 g/mol. The number of aromatic nitrogens is 1. The summed E-state index contributed by atoms with van der Waals surface area (Å²) in [5.74, 6) is -1.28. The average molecular weight is 493 g/mol. The summed E-state index contributed by atoms with van der Waals surface area (Å²) in [5, 5.41) is 21.0. The second kappa shape index (κ2) is 13.0. The fourth-order valence-corrected chi connectivity index (χ4v) is 3.54. The molecule has 4 N–H and O–H groups in total. The third-order valence-corrected chi connectivity index (χ3v) is 5.29. The van der Waals surface area contributed by atoms with E-state index in [2.05, 4.69) is 20.9 Å². The minimum Gasteiger partial charge on any atom is -0.444 e. The zero-order chi connectivity index (χ0) is 25.1. The summed E-state index contributed by atoms with van der Waals surface area (Å²) in [5.41, 5.74) is 0.0580. The van der Waals surface area contributed by atoms with E-state index in [1.54, 1.807) is 32.3 Å². The highest BCUT2D eigenvalue weighted by atomic mass is 32.1. The van der Waals surface area contributed by atoms with E-state index in [4.69, 9.17) is 9.47 Å². The molecule has 1 heterocycles. The van der Waals surface area contributed by atoms with E-state index >= 15 is 0 Å². The van der Waals surface area contributed by atoms with Crippen molar-refractivity contribution in [3.8, 4) is 0 Å². The third-order valence-electron chi connectivity index (χ3n) is 4.51. The Bertz CT molecular complexity index is 917. The number of carbonyl (C=O) groups is 3. The molecule has 1 aromatic carbocycles. The van der Waals surface area contributed by atoms with Crippen LogP contribution >= 0.6 is 11.3 Å². The van der Waals surface area contributed by atoms with E-state index in [1.165, 1.54) is 18.4 Å². The molecule has 0 saturated carbocycles. The fourth-order valence-electron chi connectivity index (χ4n) is 2.98. The van der Waals surface area contributed by atoms with Gasteiger partial charge in [0.15, 0.2) is 6.10 Å². The van der Waals surface area contributed by atoms with Gasteiger partial charge in [0.05, 0.1) is 19.2 Å². The van der Waals surface area contributed by atoms with Crippen LogP contribution in [0.1, 0.15) is 31.3 Å². The number of hydrogen-bond acceptors (Lipinski definition) is 8. The maximum Gasteiger partial charge on any atom is 0.408 e. The molecule has 0 bridgehead atoms. The molecule has 0 radical (unpaired) electrons. The average Bonchev–Trinajstić information content (AvgIpc) is 3.29. The van der Waals surface area contributed by atoms with E-state index in [1.807, 2.05) is 30.3 Å². The predicted octanol–water partition coefficient (Wildman–Crippen LogP) is 1.39. The summed E-state index contributed by atoms with van der Waals surface area (Å²) in [4.78, 5) is 41.9. The number of nitrogens with one attached hydrogen (secondary N) is 3. The van der Waals surface area contributed by atoms with Gasteiger partial charge in [-0.3, -0.25) is 9.59 Å². The Hall–Kier alpha value is -3.02. The number of nitrogens with zero attached hydrogens (tertiary/aromatic N) is 1. The SMILES string of the molecule is COC[C@@H](NC(=O)OC(C)(C)C)C(=O)N[C@H](Cc1ccccc1)[C@H](O)C(=O)NCc1nccs1. The van der Waals surface area contributed by atoms with Crippen LogP contribution in [0.5, 0.6) is 0 Å². The van der Waals surface area contributed by atoms with Crippen LogP contribution in [0, 0.1) is 0 Å². The highest BCUT2D eigenvalue weighted by Crippen LogP contribution is 2.10. The van der Waals surface area contributed by atoms with Crippen LogP contribution in [0.15, 0.2) is 41.9 Å². The predicted molar refractivity (Wildman–Crippen MR) is 127 cm³/mol. The zero-order valence-corrected chi connectivity index (χ0v) is 20.6. The molecule has 2 rings (SSSR count). The van der Waals surface area contributed by atoms with E-state index in [9.17, 15) is 19.5 Å². The van der Waals surface area contributed by atoms with E-state index in [-0.39, 0.29) is 19.6 Å². The van der Waals surface area contributed by atoms with Gasteiger partial charge in [-0.15, -0.1) is 11.3 Å². The topological polar surface area (TPSA) is 139 Å². The molecule has 0 saturated heterocycles. The fraction of sp³-hybridized carbons (Fsp3) is 0.478. The van der Waals surface area contributed by atoms with E-state index in [0.29, 0.717) is 5.01 Å². The summed E-state index contributed by atoms with van der Waals surface area (Å²) in [6.07, 6.45) is -0.529. The first-order valence-electron chi connectivity index (χ1n) is 10.8. The van der Waals surface area contributed by atoms with Crippen molar-refractivity contribution in [3.05, 3.63) is 52.5 Å². The molecule has 186 valence electrons. The molecule has 0 aliphatic rings. The molecule has 34 heavy (non-hydrogen) atoms. The first kappa shape index (κ1) is 27.2. The van der Waals surface area contributed by atoms with Crippen molar-refractivity contribution in [3.63, 3.8) is 0 Å². The lowest BCUT2D eigenvalue weighted by Crippen LogP contribution is -2.57. The van der Waals surface area contributed by atoms with Crippen LogP contribution in [0.25, 0.3) is 0 Å². The highest BCUT2D eigenvalue weighted by molar-refractivity contribution is 7.09. The number of carbonyl (C=O) groups excluding carboxylic acids is 3. The monoisotopic (exact) mass is 492 g/mol. The summed E-state index contributed by atoms with van der Waals surface area (Å²) in [7, 11) is 1.39. The van der Waals surface area contributed by atoms with Gasteiger partial charge in [0.2, 0.25) is 5.91 Å². The zero-order valence-electron chi connectivity index (χ0n) is 19.7. The molecular formula is C23H32N4O6S. The standard InChI is InChI=1S/C23H32N4O6S/c1-23(2,3)33-22(31)27-17(14-32-4)20(29)26-16(12-15-8-6-5-7-9-15)19(28)21(30)25-13-18-24-10-11-34-18/h5-11,16-17,19,28H,12-14H2,1-4H3,(H,25,30)(H,26,29)(H,27,31)/t16-,17-,19+/m1/s1. The lowest BCUT2D eigenvalue weighted by Gasteiger charge is -2.27. The van der Waals surface area contributed by atoms with Gasteiger partial charge in [0.25, 0.3) is 5.91 Å². The maximum absolute atomic E-state index is 13.0. The molecule has 10 nitrogen and oxygen atoms in total. The first-order chi connectivity index (χ1) is 16.1. The van der Waals surface area contributed by atoms with Gasteiger partial charge < -0.3 is 30.5 Å². The van der Waals surface area contributed by atoms with Gasteiger partial charge in [0, 0.05) is 18.7 Å². The summed E-state index contributed by atoms with van der Waals surface area (Å²) in [6.45, 7) is 5.14. The normalized spacial score (nSPS) is 13.9. The minimum atomic E-state index is -1.55. The number of amides is 3. The molecule has 0 aliphatic carbocycles. The van der Waals surface area contributed by atoms with Crippen molar-refractivity contribution in [2.24, 2.45) is 0 Å². The van der Waals surface area contributed by atoms with Gasteiger partial charge in [-0.05, 0) is 32.8 Å². The van der Waals surface area contributed by atoms with Crippen molar-refractivity contribution in [2.45, 2.75) is 57.5 Å². The van der Waals surface area contributed by atoms with Crippen LogP contribution in [0.4, 0.5) is 4.79 Å². The van der Waals surface area contributed by atoms with E-state index in [0.717, 1.165) is 5.56 Å². The Kier molecular flexibility index (Phi) is 10.4. The van der Waals surface area contributed by atoms with Crippen molar-refractivity contribution in [1.82, 2.24) is 20.9 Å². The van der Waals surface area contributed by atoms with Crippen LogP contribution in [-0.2, 0) is 32.0 Å². The van der Waals surface area contributed by atoms with Crippen LogP contribution in [0.2, 0.25) is 0 Å². The Morgan fingerprint density at radius 2 is 1.82 bits per heavy atom. The number of benzene rings is 1. The molecule has 0 aliphatic heterocycles. The maximum atomic E-state index is 13.0. The molecule has 0 fully saturated rings. The van der Waals surface area contributed by atoms with Gasteiger partial charge >= 0.3 is 6.09 Å². The van der Waals surface area contributed by atoms with Gasteiger partial charge in [0.1, 0.15) is 16.7 Å². The number of thiazole rings is 1. The number of aliphatic hydroxyl groups excluding tert-OH is 1. The molecule has 2 aromatic rings. The Morgan fingerprint density at radius 1 is 1.12 bits per heavy atom. The lowest BCUT2D eigenvalue weighted by molar-refractivity contribution is -0.133.